The van der Waals surface area contributed by atoms with Crippen LogP contribution in [0.4, 0.5) is 5.69 Å². The fourth-order valence-corrected chi connectivity index (χ4v) is 3.53. The number of anilines is 1. The second-order valence-electron chi connectivity index (χ2n) is 7.30. The van der Waals surface area contributed by atoms with E-state index in [0.29, 0.717) is 18.0 Å². The molecule has 1 unspecified atom stereocenters. The van der Waals surface area contributed by atoms with Gasteiger partial charge in [0.2, 0.25) is 0 Å². The molecule has 0 aliphatic carbocycles. The van der Waals surface area contributed by atoms with Gasteiger partial charge in [0.25, 0.3) is 0 Å². The van der Waals surface area contributed by atoms with Crippen LogP contribution in [0.15, 0.2) is 42.6 Å². The Labute approximate surface area is 171 Å². The Kier molecular flexibility index (Phi) is 6.90. The Morgan fingerprint density at radius 2 is 1.83 bits per heavy atom. The zero-order valence-electron chi connectivity index (χ0n) is 17.2. The zero-order chi connectivity index (χ0) is 20.8. The summed E-state index contributed by atoms with van der Waals surface area (Å²) >= 11 is 0. The number of methoxy groups -OCH3 is 1. The van der Waals surface area contributed by atoms with Gasteiger partial charge in [0.15, 0.2) is 0 Å². The third-order valence-electron chi connectivity index (χ3n) is 5.29. The molecule has 29 heavy (non-hydrogen) atoms. The minimum atomic E-state index is -0.692. The van der Waals surface area contributed by atoms with Gasteiger partial charge in [0, 0.05) is 63.4 Å². The molecule has 1 atom stereocenters. The number of rotatable bonds is 6. The van der Waals surface area contributed by atoms with Crippen LogP contribution >= 0.6 is 0 Å². The quantitative estimate of drug-likeness (QED) is 0.711. The maximum Gasteiger partial charge on any atom is 0.313 e. The molecule has 1 fully saturated rings. The average molecular weight is 399 g/mol. The molecule has 1 aromatic carbocycles. The lowest BCUT2D eigenvalue weighted by molar-refractivity contribution is -0.136. The van der Waals surface area contributed by atoms with E-state index >= 15 is 0 Å². The highest BCUT2D eigenvalue weighted by Crippen LogP contribution is 2.22. The molecule has 8 heteroatoms. The zero-order valence-corrected chi connectivity index (χ0v) is 17.2. The first kappa shape index (κ1) is 20.9. The average Bonchev–Trinajstić information content (AvgIpc) is 3.15. The van der Waals surface area contributed by atoms with Crippen LogP contribution in [-0.4, -0.2) is 73.1 Å². The number of nitrogens with zero attached hydrogens (tertiary/aromatic N) is 3. The number of hydrogen-bond acceptors (Lipinski definition) is 5. The molecule has 0 spiro atoms. The van der Waals surface area contributed by atoms with E-state index in [2.05, 4.69) is 38.1 Å². The van der Waals surface area contributed by atoms with E-state index < -0.39 is 11.8 Å². The van der Waals surface area contributed by atoms with Crippen LogP contribution < -0.4 is 15.4 Å². The van der Waals surface area contributed by atoms with E-state index in [4.69, 9.17) is 4.74 Å². The standard InChI is InChI=1S/C21H29N5O3/c1-24-10-12-26(13-11-24)19(18-8-5-9-25(18)2)15-22-20(27)21(28)23-16-6-4-7-17(14-16)29-3/h4-9,14,19H,10-13,15H2,1-3H3,(H,22,27)(H,23,28). The highest BCUT2D eigenvalue weighted by molar-refractivity contribution is 6.39. The molecule has 3 rings (SSSR count). The van der Waals surface area contributed by atoms with Crippen molar-refractivity contribution in [2.75, 3.05) is 52.2 Å². The van der Waals surface area contributed by atoms with Gasteiger partial charge in [-0.3, -0.25) is 14.5 Å². The minimum Gasteiger partial charge on any atom is -0.497 e. The molecule has 2 aromatic rings. The molecule has 1 aromatic heterocycles. The number of piperazine rings is 1. The maximum atomic E-state index is 12.4. The SMILES string of the molecule is COc1cccc(NC(=O)C(=O)NCC(c2cccn2C)N2CCN(C)CC2)c1. The van der Waals surface area contributed by atoms with E-state index in [1.807, 2.05) is 19.3 Å². The lowest BCUT2D eigenvalue weighted by Gasteiger charge is -2.38. The van der Waals surface area contributed by atoms with Crippen LogP contribution in [0, 0.1) is 0 Å². The number of aryl methyl sites for hydroxylation is 1. The van der Waals surface area contributed by atoms with Crippen molar-refractivity contribution in [1.82, 2.24) is 19.7 Å². The number of hydrogen-bond donors (Lipinski definition) is 2. The van der Waals surface area contributed by atoms with Crippen LogP contribution in [0.2, 0.25) is 0 Å². The fourth-order valence-electron chi connectivity index (χ4n) is 3.53. The van der Waals surface area contributed by atoms with Gasteiger partial charge in [-0.15, -0.1) is 0 Å². The fraction of sp³-hybridized carbons (Fsp3) is 0.429. The molecule has 0 saturated carbocycles. The van der Waals surface area contributed by atoms with Crippen molar-refractivity contribution < 1.29 is 14.3 Å². The van der Waals surface area contributed by atoms with Crippen molar-refractivity contribution in [1.29, 1.82) is 0 Å². The molecule has 0 bridgehead atoms. The van der Waals surface area contributed by atoms with Gasteiger partial charge in [0.1, 0.15) is 5.75 Å². The van der Waals surface area contributed by atoms with Gasteiger partial charge >= 0.3 is 11.8 Å². The molecule has 0 radical (unpaired) electrons. The first-order valence-corrected chi connectivity index (χ1v) is 9.75. The van der Waals surface area contributed by atoms with Crippen LogP contribution in [0.5, 0.6) is 5.75 Å². The van der Waals surface area contributed by atoms with Gasteiger partial charge in [-0.2, -0.15) is 0 Å². The minimum absolute atomic E-state index is 0.0114. The second kappa shape index (κ2) is 9.58. The summed E-state index contributed by atoms with van der Waals surface area (Å²) in [6.45, 7) is 4.15. The van der Waals surface area contributed by atoms with Crippen LogP contribution in [-0.2, 0) is 16.6 Å². The maximum absolute atomic E-state index is 12.4. The first-order valence-electron chi connectivity index (χ1n) is 9.75. The highest BCUT2D eigenvalue weighted by Gasteiger charge is 2.26. The molecule has 2 N–H and O–H groups in total. The monoisotopic (exact) mass is 399 g/mol. The lowest BCUT2D eigenvalue weighted by Crippen LogP contribution is -2.49. The summed E-state index contributed by atoms with van der Waals surface area (Å²) in [6, 6.07) is 11.0. The van der Waals surface area contributed by atoms with Gasteiger partial charge in [0.05, 0.1) is 13.2 Å². The number of ether oxygens (including phenoxy) is 1. The Balaban J connectivity index is 1.63. The predicted molar refractivity (Wildman–Crippen MR) is 112 cm³/mol. The van der Waals surface area contributed by atoms with Gasteiger partial charge in [-0.1, -0.05) is 6.07 Å². The molecule has 2 heterocycles. The Hall–Kier alpha value is -2.84. The summed E-state index contributed by atoms with van der Waals surface area (Å²) in [4.78, 5) is 29.4. The second-order valence-corrected chi connectivity index (χ2v) is 7.30. The molecular formula is C21H29N5O3. The Bertz CT molecular complexity index is 842. The third kappa shape index (κ3) is 5.36. The molecule has 1 saturated heterocycles. The number of amides is 2. The highest BCUT2D eigenvalue weighted by atomic mass is 16.5. The van der Waals surface area contributed by atoms with E-state index in [1.54, 1.807) is 31.4 Å². The number of carbonyl (C=O) groups excluding carboxylic acids is 2. The smallest absolute Gasteiger partial charge is 0.313 e. The topological polar surface area (TPSA) is 78.8 Å². The molecule has 1 aliphatic heterocycles. The molecular weight excluding hydrogens is 370 g/mol. The van der Waals surface area contributed by atoms with Gasteiger partial charge in [-0.25, -0.2) is 0 Å². The molecule has 1 aliphatic rings. The van der Waals surface area contributed by atoms with Crippen LogP contribution in [0.25, 0.3) is 0 Å². The summed E-state index contributed by atoms with van der Waals surface area (Å²) in [5.74, 6) is -0.731. The molecule has 156 valence electrons. The van der Waals surface area contributed by atoms with E-state index in [-0.39, 0.29) is 6.04 Å². The van der Waals surface area contributed by atoms with Crippen molar-refractivity contribution in [3.8, 4) is 5.75 Å². The summed E-state index contributed by atoms with van der Waals surface area (Å²) in [6.07, 6.45) is 2.00. The van der Waals surface area contributed by atoms with E-state index in [0.717, 1.165) is 31.9 Å². The van der Waals surface area contributed by atoms with Gasteiger partial charge in [-0.05, 0) is 31.3 Å². The normalized spacial score (nSPS) is 16.2. The van der Waals surface area contributed by atoms with E-state index in [9.17, 15) is 9.59 Å². The summed E-state index contributed by atoms with van der Waals surface area (Å²) in [5, 5.41) is 5.42. The Morgan fingerprint density at radius 3 is 2.48 bits per heavy atom. The summed E-state index contributed by atoms with van der Waals surface area (Å²) < 4.78 is 7.20. The molecule has 8 nitrogen and oxygen atoms in total. The number of likely N-dealkylation sites (N-methyl/N-ethyl adjacent to an activating group) is 1. The van der Waals surface area contributed by atoms with Crippen molar-refractivity contribution in [2.45, 2.75) is 6.04 Å². The van der Waals surface area contributed by atoms with Crippen molar-refractivity contribution >= 4 is 17.5 Å². The number of carbonyl (C=O) groups is 2. The largest absolute Gasteiger partial charge is 0.497 e. The van der Waals surface area contributed by atoms with Crippen molar-refractivity contribution in [3.05, 3.63) is 48.3 Å². The number of aromatic nitrogens is 1. The summed E-state index contributed by atoms with van der Waals surface area (Å²) in [7, 11) is 5.66. The number of benzene rings is 1. The lowest BCUT2D eigenvalue weighted by atomic mass is 10.1. The van der Waals surface area contributed by atoms with Crippen molar-refractivity contribution in [3.63, 3.8) is 0 Å². The van der Waals surface area contributed by atoms with E-state index in [1.165, 1.54) is 0 Å². The predicted octanol–water partition coefficient (Wildman–Crippen LogP) is 1.08. The third-order valence-corrected chi connectivity index (χ3v) is 5.29. The van der Waals surface area contributed by atoms with Crippen LogP contribution in [0.1, 0.15) is 11.7 Å². The van der Waals surface area contributed by atoms with Crippen LogP contribution in [0.3, 0.4) is 0 Å². The Morgan fingerprint density at radius 1 is 1.07 bits per heavy atom. The molecule has 2 amide bonds. The first-order chi connectivity index (χ1) is 14.0. The van der Waals surface area contributed by atoms with Gasteiger partial charge < -0.3 is 24.8 Å². The number of nitrogens with one attached hydrogen (secondary N) is 2. The van der Waals surface area contributed by atoms with Crippen molar-refractivity contribution in [2.24, 2.45) is 7.05 Å². The summed E-state index contributed by atoms with van der Waals surface area (Å²) in [5.41, 5.74) is 1.63.